The summed E-state index contributed by atoms with van der Waals surface area (Å²) in [7, 11) is 3.39. The van der Waals surface area contributed by atoms with Crippen LogP contribution in [0.1, 0.15) is 80.3 Å². The van der Waals surface area contributed by atoms with E-state index in [1.54, 1.807) is 31.1 Å². The molecule has 0 radical (unpaired) electrons. The number of hydrogen-bond acceptors (Lipinski definition) is 4. The predicted molar refractivity (Wildman–Crippen MR) is 161 cm³/mol. The lowest BCUT2D eigenvalue weighted by atomic mass is 9.81. The van der Waals surface area contributed by atoms with Crippen LogP contribution in [0.15, 0.2) is 42.5 Å². The van der Waals surface area contributed by atoms with E-state index in [0.717, 1.165) is 53.4 Å². The molecule has 0 bridgehead atoms. The maximum absolute atomic E-state index is 13.7. The number of carbonyl (C=O) groups is 3. The summed E-state index contributed by atoms with van der Waals surface area (Å²) in [4.78, 5) is 41.3. The number of nitrogens with zero attached hydrogens (tertiary/aromatic N) is 3. The van der Waals surface area contributed by atoms with Gasteiger partial charge in [0.2, 0.25) is 5.91 Å². The van der Waals surface area contributed by atoms with Gasteiger partial charge in [-0.25, -0.2) is 9.59 Å². The Bertz CT molecular complexity index is 1410. The van der Waals surface area contributed by atoms with E-state index < -0.39 is 17.7 Å². The van der Waals surface area contributed by atoms with E-state index in [4.69, 9.17) is 4.74 Å². The Balaban J connectivity index is 1.75. The summed E-state index contributed by atoms with van der Waals surface area (Å²) in [5.74, 6) is -0.769. The molecule has 2 aromatic carbocycles. The molecule has 1 aromatic heterocycles. The third kappa shape index (κ3) is 6.92. The van der Waals surface area contributed by atoms with Crippen LogP contribution < -0.4 is 0 Å². The third-order valence-corrected chi connectivity index (χ3v) is 7.90. The summed E-state index contributed by atoms with van der Waals surface area (Å²) in [6.45, 7) is 8.15. The van der Waals surface area contributed by atoms with E-state index in [-0.39, 0.29) is 18.0 Å². The molecular weight excluding hydrogens is 518 g/mol. The number of hydrogen-bond donors (Lipinski definition) is 1. The van der Waals surface area contributed by atoms with Crippen molar-refractivity contribution in [2.75, 3.05) is 27.2 Å². The molecule has 41 heavy (non-hydrogen) atoms. The first kappa shape index (κ1) is 30.2. The molecule has 1 aliphatic rings. The first-order valence-electron chi connectivity index (χ1n) is 14.5. The lowest BCUT2D eigenvalue weighted by molar-refractivity contribution is -0.130. The van der Waals surface area contributed by atoms with Gasteiger partial charge in [-0.3, -0.25) is 4.79 Å². The number of carboxylic acid groups (broad SMARTS) is 1. The number of likely N-dealkylation sites (N-methyl/N-ethyl adjacent to an activating group) is 2. The fraction of sp³-hybridized carbons (Fsp3) is 0.485. The van der Waals surface area contributed by atoms with Crippen molar-refractivity contribution in [3.8, 4) is 11.3 Å². The molecule has 0 saturated heterocycles. The first-order chi connectivity index (χ1) is 19.4. The van der Waals surface area contributed by atoms with E-state index in [1.807, 2.05) is 50.5 Å². The molecule has 220 valence electrons. The zero-order valence-electron chi connectivity index (χ0n) is 25.2. The number of benzene rings is 2. The monoisotopic (exact) mass is 561 g/mol. The van der Waals surface area contributed by atoms with Crippen LogP contribution in [0.4, 0.5) is 4.79 Å². The lowest BCUT2D eigenvalue weighted by Gasteiger charge is -2.26. The highest BCUT2D eigenvalue weighted by Gasteiger charge is 2.29. The van der Waals surface area contributed by atoms with Crippen LogP contribution in [-0.2, 0) is 16.1 Å². The highest BCUT2D eigenvalue weighted by Crippen LogP contribution is 2.45. The van der Waals surface area contributed by atoms with Crippen molar-refractivity contribution in [3.63, 3.8) is 0 Å². The standard InChI is InChI=1S/C33H43N3O5/c1-22-19-25(31(38)39)20-26-28(22)29(23-13-9-7-10-14-23)30(24-15-11-8-12-16-24)36(26)21-27(37)34(5)17-18-35(6)32(40)41-33(2,3)4/h8,11-12,15-16,19-20,23H,7,9-10,13-14,17-18,21H2,1-6H3,(H,38,39). The maximum atomic E-state index is 13.7. The smallest absolute Gasteiger partial charge is 0.410 e. The minimum atomic E-state index is -0.989. The number of aromatic carboxylic acids is 1. The molecule has 4 rings (SSSR count). The molecular formula is C33H43N3O5. The average Bonchev–Trinajstić information content (AvgIpc) is 3.25. The topological polar surface area (TPSA) is 92.1 Å². The second-order valence-electron chi connectivity index (χ2n) is 12.3. The highest BCUT2D eigenvalue weighted by molar-refractivity contribution is 6.00. The Morgan fingerprint density at radius 3 is 2.22 bits per heavy atom. The van der Waals surface area contributed by atoms with E-state index in [0.29, 0.717) is 19.0 Å². The summed E-state index contributed by atoms with van der Waals surface area (Å²) < 4.78 is 7.45. The average molecular weight is 562 g/mol. The molecule has 0 spiro atoms. The fourth-order valence-corrected chi connectivity index (χ4v) is 5.81. The number of aryl methyl sites for hydroxylation is 1. The minimum absolute atomic E-state index is 0.0581. The Morgan fingerprint density at radius 2 is 1.61 bits per heavy atom. The van der Waals surface area contributed by atoms with Crippen LogP contribution in [0, 0.1) is 6.92 Å². The molecule has 1 saturated carbocycles. The molecule has 0 atom stereocenters. The van der Waals surface area contributed by atoms with Crippen LogP contribution in [0.25, 0.3) is 22.2 Å². The Hall–Kier alpha value is -3.81. The molecule has 1 aliphatic carbocycles. The molecule has 1 N–H and O–H groups in total. The zero-order valence-corrected chi connectivity index (χ0v) is 25.2. The normalized spacial score (nSPS) is 14.2. The Labute approximate surface area is 242 Å². The maximum Gasteiger partial charge on any atom is 0.410 e. The quantitative estimate of drug-likeness (QED) is 0.331. The zero-order chi connectivity index (χ0) is 29.9. The molecule has 1 fully saturated rings. The number of fused-ring (bicyclic) bond motifs is 1. The highest BCUT2D eigenvalue weighted by atomic mass is 16.6. The van der Waals surface area contributed by atoms with Crippen molar-refractivity contribution in [2.24, 2.45) is 0 Å². The van der Waals surface area contributed by atoms with Gasteiger partial charge in [0.1, 0.15) is 12.1 Å². The largest absolute Gasteiger partial charge is 0.478 e. The first-order valence-corrected chi connectivity index (χ1v) is 14.5. The van der Waals surface area contributed by atoms with Crippen molar-refractivity contribution in [2.45, 2.75) is 77.9 Å². The summed E-state index contributed by atoms with van der Waals surface area (Å²) in [5.41, 5.74) is 4.53. The molecule has 3 aromatic rings. The summed E-state index contributed by atoms with van der Waals surface area (Å²) in [6, 6.07) is 13.6. The molecule has 8 heteroatoms. The predicted octanol–water partition coefficient (Wildman–Crippen LogP) is 6.69. The van der Waals surface area contributed by atoms with E-state index in [2.05, 4.69) is 12.1 Å². The Kier molecular flexibility index (Phi) is 9.10. The number of amides is 2. The molecule has 0 aliphatic heterocycles. The summed E-state index contributed by atoms with van der Waals surface area (Å²) >= 11 is 0. The second-order valence-corrected chi connectivity index (χ2v) is 12.3. The van der Waals surface area contributed by atoms with Crippen molar-refractivity contribution in [1.82, 2.24) is 14.4 Å². The van der Waals surface area contributed by atoms with Crippen molar-refractivity contribution in [3.05, 3.63) is 59.2 Å². The van der Waals surface area contributed by atoms with Crippen LogP contribution >= 0.6 is 0 Å². The molecule has 2 amide bonds. The van der Waals surface area contributed by atoms with Crippen LogP contribution in [0.3, 0.4) is 0 Å². The summed E-state index contributed by atoms with van der Waals surface area (Å²) in [5, 5.41) is 10.9. The lowest BCUT2D eigenvalue weighted by Crippen LogP contribution is -2.40. The van der Waals surface area contributed by atoms with Gasteiger partial charge in [0.15, 0.2) is 0 Å². The van der Waals surface area contributed by atoms with Gasteiger partial charge in [0, 0.05) is 32.6 Å². The van der Waals surface area contributed by atoms with Crippen molar-refractivity contribution >= 4 is 28.9 Å². The van der Waals surface area contributed by atoms with Gasteiger partial charge in [0.25, 0.3) is 0 Å². The fourth-order valence-electron chi connectivity index (χ4n) is 5.81. The van der Waals surface area contributed by atoms with E-state index in [1.165, 1.54) is 16.9 Å². The Morgan fingerprint density at radius 1 is 0.976 bits per heavy atom. The van der Waals surface area contributed by atoms with Gasteiger partial charge in [-0.05, 0) is 75.3 Å². The molecule has 0 unspecified atom stereocenters. The number of ether oxygens (including phenoxy) is 1. The number of carboxylic acids is 1. The SMILES string of the molecule is Cc1cc(C(=O)O)cc2c1c(C1CCCCC1)c(-c1ccccc1)n2CC(=O)N(C)CCN(C)C(=O)OC(C)(C)C. The number of rotatable bonds is 8. The van der Waals surface area contributed by atoms with Gasteiger partial charge in [-0.1, -0.05) is 49.6 Å². The van der Waals surface area contributed by atoms with Crippen molar-refractivity contribution in [1.29, 1.82) is 0 Å². The molecule has 1 heterocycles. The third-order valence-electron chi connectivity index (χ3n) is 7.90. The van der Waals surface area contributed by atoms with Crippen LogP contribution in [-0.4, -0.2) is 70.2 Å². The number of aromatic nitrogens is 1. The van der Waals surface area contributed by atoms with Gasteiger partial charge >= 0.3 is 12.1 Å². The van der Waals surface area contributed by atoms with E-state index in [9.17, 15) is 19.5 Å². The van der Waals surface area contributed by atoms with Crippen LogP contribution in [0.2, 0.25) is 0 Å². The summed E-state index contributed by atoms with van der Waals surface area (Å²) in [6.07, 6.45) is 5.25. The van der Waals surface area contributed by atoms with Gasteiger partial charge in [-0.15, -0.1) is 0 Å². The van der Waals surface area contributed by atoms with Gasteiger partial charge in [0.05, 0.1) is 16.8 Å². The second kappa shape index (κ2) is 12.4. The van der Waals surface area contributed by atoms with Crippen molar-refractivity contribution < 1.29 is 24.2 Å². The van der Waals surface area contributed by atoms with Gasteiger partial charge < -0.3 is 24.2 Å². The molecule has 8 nitrogen and oxygen atoms in total. The minimum Gasteiger partial charge on any atom is -0.478 e. The van der Waals surface area contributed by atoms with Gasteiger partial charge in [-0.2, -0.15) is 0 Å². The number of carbonyl (C=O) groups excluding carboxylic acids is 2. The van der Waals surface area contributed by atoms with Crippen LogP contribution in [0.5, 0.6) is 0 Å². The van der Waals surface area contributed by atoms with E-state index >= 15 is 0 Å².